The van der Waals surface area contributed by atoms with Gasteiger partial charge >= 0.3 is 0 Å². The Morgan fingerprint density at radius 2 is 2.18 bits per heavy atom. The summed E-state index contributed by atoms with van der Waals surface area (Å²) >= 11 is 1.12. The summed E-state index contributed by atoms with van der Waals surface area (Å²) in [5.41, 5.74) is 6.17. The Labute approximate surface area is 131 Å². The second kappa shape index (κ2) is 5.90. The summed E-state index contributed by atoms with van der Waals surface area (Å²) in [6, 6.07) is 3.22. The topological polar surface area (TPSA) is 90.5 Å². The van der Waals surface area contributed by atoms with E-state index in [-0.39, 0.29) is 12.0 Å². The summed E-state index contributed by atoms with van der Waals surface area (Å²) in [5, 5.41) is 4.13. The predicted octanol–water partition coefficient (Wildman–Crippen LogP) is 0.794. The van der Waals surface area contributed by atoms with Crippen molar-refractivity contribution < 1.29 is 14.3 Å². The Kier molecular flexibility index (Phi) is 3.95. The number of hydrogen-bond donors (Lipinski definition) is 1. The van der Waals surface area contributed by atoms with Crippen molar-refractivity contribution >= 4 is 23.2 Å². The standard InChI is InChI=1S/C14H16N4O3S/c1-17-7-9(6-16-17)10-8-18(4-5-21-10)14(20)12-3-2-11(22-12)13(15)19/h2-3,6-7,10H,4-5,8H2,1H3,(H2,15,19). The molecule has 22 heavy (non-hydrogen) atoms. The zero-order valence-electron chi connectivity index (χ0n) is 12.1. The van der Waals surface area contributed by atoms with Gasteiger partial charge < -0.3 is 15.4 Å². The fourth-order valence-corrected chi connectivity index (χ4v) is 3.21. The van der Waals surface area contributed by atoms with E-state index >= 15 is 0 Å². The van der Waals surface area contributed by atoms with Crippen LogP contribution >= 0.6 is 11.3 Å². The molecule has 2 amide bonds. The molecule has 1 aliphatic rings. The normalized spacial score (nSPS) is 18.4. The van der Waals surface area contributed by atoms with Gasteiger partial charge in [-0.2, -0.15) is 5.10 Å². The average Bonchev–Trinajstić information content (AvgIpc) is 3.15. The van der Waals surface area contributed by atoms with Crippen LogP contribution in [0, 0.1) is 0 Å². The van der Waals surface area contributed by atoms with Crippen molar-refractivity contribution in [3.8, 4) is 0 Å². The monoisotopic (exact) mass is 320 g/mol. The van der Waals surface area contributed by atoms with Gasteiger partial charge in [-0.25, -0.2) is 0 Å². The number of amides is 2. The zero-order chi connectivity index (χ0) is 15.7. The molecule has 1 fully saturated rings. The maximum atomic E-state index is 12.5. The number of carbonyl (C=O) groups excluding carboxylic acids is 2. The first kappa shape index (κ1) is 14.7. The Bertz CT molecular complexity index is 709. The van der Waals surface area contributed by atoms with E-state index in [1.165, 1.54) is 0 Å². The van der Waals surface area contributed by atoms with Crippen molar-refractivity contribution in [3.05, 3.63) is 39.8 Å². The van der Waals surface area contributed by atoms with Crippen LogP contribution in [0.2, 0.25) is 0 Å². The third-order valence-corrected chi connectivity index (χ3v) is 4.60. The summed E-state index contributed by atoms with van der Waals surface area (Å²) in [5.74, 6) is -0.617. The lowest BCUT2D eigenvalue weighted by atomic mass is 10.1. The van der Waals surface area contributed by atoms with Gasteiger partial charge in [-0.05, 0) is 12.1 Å². The summed E-state index contributed by atoms with van der Waals surface area (Å²) in [6.07, 6.45) is 3.45. The molecule has 8 heteroatoms. The number of rotatable bonds is 3. The number of ether oxygens (including phenoxy) is 1. The van der Waals surface area contributed by atoms with Gasteiger partial charge in [-0.15, -0.1) is 11.3 Å². The number of nitrogens with zero attached hydrogens (tertiary/aromatic N) is 3. The van der Waals surface area contributed by atoms with Crippen molar-refractivity contribution in [2.75, 3.05) is 19.7 Å². The smallest absolute Gasteiger partial charge is 0.264 e. The quantitative estimate of drug-likeness (QED) is 0.905. The molecule has 3 heterocycles. The van der Waals surface area contributed by atoms with Crippen LogP contribution in [0.15, 0.2) is 24.5 Å². The molecule has 2 N–H and O–H groups in total. The number of thiophene rings is 1. The first-order valence-electron chi connectivity index (χ1n) is 6.83. The molecule has 1 atom stereocenters. The first-order valence-corrected chi connectivity index (χ1v) is 7.65. The molecule has 2 aromatic heterocycles. The highest BCUT2D eigenvalue weighted by molar-refractivity contribution is 7.15. The lowest BCUT2D eigenvalue weighted by molar-refractivity contribution is -0.0226. The molecule has 0 aromatic carbocycles. The second-order valence-corrected chi connectivity index (χ2v) is 6.17. The molecule has 7 nitrogen and oxygen atoms in total. The van der Waals surface area contributed by atoms with E-state index in [4.69, 9.17) is 10.5 Å². The molecule has 0 spiro atoms. The number of primary amides is 1. The molecular formula is C14H16N4O3S. The van der Waals surface area contributed by atoms with Gasteiger partial charge in [0.25, 0.3) is 11.8 Å². The van der Waals surface area contributed by atoms with Crippen LogP contribution < -0.4 is 5.73 Å². The van der Waals surface area contributed by atoms with Gasteiger partial charge in [0, 0.05) is 25.4 Å². The van der Waals surface area contributed by atoms with Crippen molar-refractivity contribution in [2.24, 2.45) is 12.8 Å². The van der Waals surface area contributed by atoms with E-state index < -0.39 is 5.91 Å². The summed E-state index contributed by atoms with van der Waals surface area (Å²) in [4.78, 5) is 26.3. The molecule has 1 saturated heterocycles. The number of aryl methyl sites for hydroxylation is 1. The van der Waals surface area contributed by atoms with E-state index in [1.807, 2.05) is 13.2 Å². The van der Waals surface area contributed by atoms with Crippen LogP contribution in [-0.2, 0) is 11.8 Å². The lowest BCUT2D eigenvalue weighted by Gasteiger charge is -2.32. The zero-order valence-corrected chi connectivity index (χ0v) is 12.9. The van der Waals surface area contributed by atoms with Crippen LogP contribution in [0.25, 0.3) is 0 Å². The van der Waals surface area contributed by atoms with Crippen molar-refractivity contribution in [1.82, 2.24) is 14.7 Å². The van der Waals surface area contributed by atoms with Gasteiger partial charge in [0.2, 0.25) is 0 Å². The predicted molar refractivity (Wildman–Crippen MR) is 80.6 cm³/mol. The Balaban J connectivity index is 1.73. The van der Waals surface area contributed by atoms with Crippen molar-refractivity contribution in [2.45, 2.75) is 6.10 Å². The van der Waals surface area contributed by atoms with E-state index in [0.717, 1.165) is 16.9 Å². The van der Waals surface area contributed by atoms with Crippen LogP contribution in [-0.4, -0.2) is 46.2 Å². The van der Waals surface area contributed by atoms with Gasteiger partial charge in [0.05, 0.1) is 29.1 Å². The fourth-order valence-electron chi connectivity index (χ4n) is 2.38. The first-order chi connectivity index (χ1) is 10.5. The molecule has 0 saturated carbocycles. The minimum Gasteiger partial charge on any atom is -0.370 e. The second-order valence-electron chi connectivity index (χ2n) is 5.09. The Morgan fingerprint density at radius 1 is 1.41 bits per heavy atom. The summed E-state index contributed by atoms with van der Waals surface area (Å²) in [6.45, 7) is 1.47. The molecule has 2 aromatic rings. The fraction of sp³-hybridized carbons (Fsp3) is 0.357. The third-order valence-electron chi connectivity index (χ3n) is 3.51. The number of nitrogens with two attached hydrogens (primary N) is 1. The maximum absolute atomic E-state index is 12.5. The van der Waals surface area contributed by atoms with Crippen LogP contribution in [0.1, 0.15) is 31.0 Å². The molecule has 1 unspecified atom stereocenters. The van der Waals surface area contributed by atoms with Crippen molar-refractivity contribution in [3.63, 3.8) is 0 Å². The highest BCUT2D eigenvalue weighted by Gasteiger charge is 2.27. The number of hydrogen-bond acceptors (Lipinski definition) is 5. The largest absolute Gasteiger partial charge is 0.370 e. The maximum Gasteiger partial charge on any atom is 0.264 e. The van der Waals surface area contributed by atoms with E-state index in [2.05, 4.69) is 5.10 Å². The van der Waals surface area contributed by atoms with Gasteiger partial charge in [-0.1, -0.05) is 0 Å². The van der Waals surface area contributed by atoms with Crippen LogP contribution in [0.5, 0.6) is 0 Å². The molecule has 1 aliphatic heterocycles. The number of aromatic nitrogens is 2. The highest BCUT2D eigenvalue weighted by Crippen LogP contribution is 2.24. The van der Waals surface area contributed by atoms with E-state index in [1.54, 1.807) is 27.9 Å². The minimum atomic E-state index is -0.515. The van der Waals surface area contributed by atoms with Crippen molar-refractivity contribution in [1.29, 1.82) is 0 Å². The van der Waals surface area contributed by atoms with Crippen LogP contribution in [0.3, 0.4) is 0 Å². The Hall–Kier alpha value is -2.19. The van der Waals surface area contributed by atoms with E-state index in [0.29, 0.717) is 29.5 Å². The molecule has 0 bridgehead atoms. The summed E-state index contributed by atoms with van der Waals surface area (Å²) < 4.78 is 7.43. The minimum absolute atomic E-state index is 0.102. The Morgan fingerprint density at radius 3 is 2.82 bits per heavy atom. The lowest BCUT2D eigenvalue weighted by Crippen LogP contribution is -2.41. The van der Waals surface area contributed by atoms with Gasteiger partial charge in [0.1, 0.15) is 6.10 Å². The number of morpholine rings is 1. The van der Waals surface area contributed by atoms with Gasteiger partial charge in [0.15, 0.2) is 0 Å². The molecule has 116 valence electrons. The average molecular weight is 320 g/mol. The van der Waals surface area contributed by atoms with Crippen LogP contribution in [0.4, 0.5) is 0 Å². The third kappa shape index (κ3) is 2.88. The molecule has 3 rings (SSSR count). The van der Waals surface area contributed by atoms with E-state index in [9.17, 15) is 9.59 Å². The highest BCUT2D eigenvalue weighted by atomic mass is 32.1. The molecular weight excluding hydrogens is 304 g/mol. The molecule has 0 radical (unpaired) electrons. The number of carbonyl (C=O) groups is 2. The molecule has 0 aliphatic carbocycles. The van der Waals surface area contributed by atoms with Gasteiger partial charge in [-0.3, -0.25) is 14.3 Å². The SMILES string of the molecule is Cn1cc(C2CN(C(=O)c3ccc(C(N)=O)s3)CCO2)cn1. The summed E-state index contributed by atoms with van der Waals surface area (Å²) in [7, 11) is 1.84.